The summed E-state index contributed by atoms with van der Waals surface area (Å²) in [6.45, 7) is 3.84. The molecule has 0 saturated heterocycles. The molecule has 0 saturated carbocycles. The van der Waals surface area contributed by atoms with E-state index in [-0.39, 0.29) is 0 Å². The highest BCUT2D eigenvalue weighted by Gasteiger charge is 1.96. The molecule has 0 aromatic carbocycles. The number of aryl methyl sites for hydroxylation is 1. The fourth-order valence-corrected chi connectivity index (χ4v) is 1.64. The van der Waals surface area contributed by atoms with Gasteiger partial charge in [-0.3, -0.25) is 0 Å². The minimum absolute atomic E-state index is 0.909. The van der Waals surface area contributed by atoms with Crippen LogP contribution < -0.4 is 0 Å². The van der Waals surface area contributed by atoms with Gasteiger partial charge < -0.3 is 0 Å². The van der Waals surface area contributed by atoms with Crippen LogP contribution in [-0.4, -0.2) is 20.6 Å². The van der Waals surface area contributed by atoms with Gasteiger partial charge in [-0.05, 0) is 16.8 Å². The summed E-state index contributed by atoms with van der Waals surface area (Å²) in [4.78, 5) is 0. The minimum atomic E-state index is 0.909. The highest BCUT2D eigenvalue weighted by atomic mass is 15.5. The summed E-state index contributed by atoms with van der Waals surface area (Å²) < 4.78 is 0. The average molecular weight is 209 g/mol. The molecule has 1 N–H and O–H groups in total. The Morgan fingerprint density at radius 1 is 0.933 bits per heavy atom. The van der Waals surface area contributed by atoms with Crippen LogP contribution in [0.3, 0.4) is 0 Å². The van der Waals surface area contributed by atoms with E-state index in [1.807, 2.05) is 0 Å². The minimum Gasteiger partial charge on any atom is -0.243 e. The highest BCUT2D eigenvalue weighted by Crippen LogP contribution is 2.09. The molecule has 1 radical (unpaired) electrons. The van der Waals surface area contributed by atoms with E-state index < -0.39 is 0 Å². The van der Waals surface area contributed by atoms with Crippen LogP contribution in [0.2, 0.25) is 0 Å². The van der Waals surface area contributed by atoms with Crippen molar-refractivity contribution < 1.29 is 0 Å². The highest BCUT2D eigenvalue weighted by molar-refractivity contribution is 4.74. The lowest BCUT2D eigenvalue weighted by atomic mass is 10.1. The van der Waals surface area contributed by atoms with E-state index >= 15 is 0 Å². The Morgan fingerprint density at radius 3 is 2.20 bits per heavy atom. The molecule has 1 aromatic heterocycles. The second-order valence-electron chi connectivity index (χ2n) is 3.93. The average Bonchev–Trinajstić information content (AvgIpc) is 2.75. The lowest BCUT2D eigenvalue weighted by Crippen LogP contribution is -1.89. The van der Waals surface area contributed by atoms with Crippen molar-refractivity contribution in [1.82, 2.24) is 20.6 Å². The number of nitrogens with zero attached hydrogens (tertiary/aromatic N) is 3. The Morgan fingerprint density at radius 2 is 1.60 bits per heavy atom. The van der Waals surface area contributed by atoms with Crippen molar-refractivity contribution in [1.29, 1.82) is 0 Å². The molecule has 1 heterocycles. The van der Waals surface area contributed by atoms with Crippen molar-refractivity contribution in [2.75, 3.05) is 0 Å². The van der Waals surface area contributed by atoms with E-state index in [0.29, 0.717) is 0 Å². The molecule has 85 valence electrons. The van der Waals surface area contributed by atoms with Crippen molar-refractivity contribution in [2.45, 2.75) is 57.8 Å². The van der Waals surface area contributed by atoms with Gasteiger partial charge in [-0.25, -0.2) is 5.10 Å². The van der Waals surface area contributed by atoms with Gasteiger partial charge in [0, 0.05) is 6.42 Å². The van der Waals surface area contributed by atoms with Gasteiger partial charge in [0.1, 0.15) is 5.82 Å². The Kier molecular flexibility index (Phi) is 6.79. The molecular formula is C11H21N4. The van der Waals surface area contributed by atoms with E-state index in [2.05, 4.69) is 27.5 Å². The predicted molar refractivity (Wildman–Crippen MR) is 60.2 cm³/mol. The summed E-state index contributed by atoms with van der Waals surface area (Å²) in [5, 5.41) is 13.7. The van der Waals surface area contributed by atoms with Crippen molar-refractivity contribution >= 4 is 0 Å². The molecule has 0 unspecified atom stereocenters. The second kappa shape index (κ2) is 8.38. The molecule has 1 rings (SSSR count). The fraction of sp³-hybridized carbons (Fsp3) is 0.818. The zero-order valence-corrected chi connectivity index (χ0v) is 9.41. The van der Waals surface area contributed by atoms with Gasteiger partial charge in [0.25, 0.3) is 0 Å². The van der Waals surface area contributed by atoms with Gasteiger partial charge in [-0.15, -0.1) is 5.10 Å². The van der Waals surface area contributed by atoms with Crippen LogP contribution in [0.25, 0.3) is 0 Å². The van der Waals surface area contributed by atoms with Crippen molar-refractivity contribution in [3.63, 3.8) is 0 Å². The number of nitrogens with one attached hydrogen (secondary N) is 1. The molecule has 0 aliphatic carbocycles. The standard InChI is InChI=1S/C11H21N4/c1-2-3-4-5-6-7-8-9-10-11-12-14-15-13-11/h1-10H2,(H,12,13,14,15). The lowest BCUT2D eigenvalue weighted by Gasteiger charge is -1.99. The van der Waals surface area contributed by atoms with Gasteiger partial charge in [0.05, 0.1) is 0 Å². The third kappa shape index (κ3) is 6.20. The summed E-state index contributed by atoms with van der Waals surface area (Å²) in [7, 11) is 0. The fourth-order valence-electron chi connectivity index (χ4n) is 1.64. The summed E-state index contributed by atoms with van der Waals surface area (Å²) in [5.74, 6) is 0.909. The number of unbranched alkanes of at least 4 members (excludes halogenated alkanes) is 7. The molecular weight excluding hydrogens is 188 g/mol. The maximum Gasteiger partial charge on any atom is 0.148 e. The van der Waals surface area contributed by atoms with Crippen molar-refractivity contribution in [2.24, 2.45) is 0 Å². The molecule has 4 nitrogen and oxygen atoms in total. The van der Waals surface area contributed by atoms with Gasteiger partial charge in [-0.1, -0.05) is 51.9 Å². The van der Waals surface area contributed by atoms with E-state index in [4.69, 9.17) is 0 Å². The molecule has 15 heavy (non-hydrogen) atoms. The van der Waals surface area contributed by atoms with Gasteiger partial charge >= 0.3 is 0 Å². The monoisotopic (exact) mass is 209 g/mol. The first kappa shape index (κ1) is 12.1. The maximum atomic E-state index is 3.85. The first-order valence-corrected chi connectivity index (χ1v) is 5.95. The van der Waals surface area contributed by atoms with Gasteiger partial charge in [0.2, 0.25) is 0 Å². The van der Waals surface area contributed by atoms with Crippen LogP contribution in [0.4, 0.5) is 0 Å². The predicted octanol–water partition coefficient (Wildman–Crippen LogP) is 2.70. The number of aromatic amines is 1. The first-order valence-electron chi connectivity index (χ1n) is 5.95. The summed E-state index contributed by atoms with van der Waals surface area (Å²) in [6, 6.07) is 0. The van der Waals surface area contributed by atoms with E-state index in [0.717, 1.165) is 18.7 Å². The Bertz CT molecular complexity index is 221. The van der Waals surface area contributed by atoms with Crippen molar-refractivity contribution in [3.8, 4) is 0 Å². The molecule has 0 amide bonds. The molecule has 0 bridgehead atoms. The zero-order valence-electron chi connectivity index (χ0n) is 9.41. The SMILES string of the molecule is [CH2]CCCCCCCCCc1nnn[nH]1. The van der Waals surface area contributed by atoms with Crippen LogP contribution >= 0.6 is 0 Å². The van der Waals surface area contributed by atoms with Crippen LogP contribution in [0.15, 0.2) is 0 Å². The van der Waals surface area contributed by atoms with Crippen LogP contribution in [0.5, 0.6) is 0 Å². The molecule has 0 aliphatic heterocycles. The summed E-state index contributed by atoms with van der Waals surface area (Å²) >= 11 is 0. The number of aromatic nitrogens is 4. The molecule has 0 atom stereocenters. The van der Waals surface area contributed by atoms with E-state index in [1.54, 1.807) is 0 Å². The molecule has 1 aromatic rings. The normalized spacial score (nSPS) is 10.7. The summed E-state index contributed by atoms with van der Waals surface area (Å²) in [5.41, 5.74) is 0. The van der Waals surface area contributed by atoms with Crippen molar-refractivity contribution in [3.05, 3.63) is 12.7 Å². The maximum absolute atomic E-state index is 3.85. The topological polar surface area (TPSA) is 54.5 Å². The van der Waals surface area contributed by atoms with E-state index in [1.165, 1.54) is 44.9 Å². The molecule has 0 spiro atoms. The number of tetrazole rings is 1. The Hall–Kier alpha value is -0.930. The third-order valence-electron chi connectivity index (χ3n) is 2.55. The smallest absolute Gasteiger partial charge is 0.148 e. The molecule has 0 aliphatic rings. The van der Waals surface area contributed by atoms with Crippen LogP contribution in [0.1, 0.15) is 57.2 Å². The number of H-pyrrole nitrogens is 1. The largest absolute Gasteiger partial charge is 0.243 e. The Labute approximate surface area is 91.9 Å². The quantitative estimate of drug-likeness (QED) is 0.636. The van der Waals surface area contributed by atoms with E-state index in [9.17, 15) is 0 Å². The zero-order chi connectivity index (χ0) is 10.8. The first-order chi connectivity index (χ1) is 7.43. The molecule has 0 fully saturated rings. The van der Waals surface area contributed by atoms with Gasteiger partial charge in [0.15, 0.2) is 0 Å². The summed E-state index contributed by atoms with van der Waals surface area (Å²) in [6.07, 6.45) is 11.2. The van der Waals surface area contributed by atoms with Gasteiger partial charge in [-0.2, -0.15) is 0 Å². The van der Waals surface area contributed by atoms with Crippen LogP contribution in [0, 0.1) is 6.92 Å². The third-order valence-corrected chi connectivity index (χ3v) is 2.55. The number of hydrogen-bond donors (Lipinski definition) is 1. The lowest BCUT2D eigenvalue weighted by molar-refractivity contribution is 0.577. The number of rotatable bonds is 9. The second-order valence-corrected chi connectivity index (χ2v) is 3.93. The Balaban J connectivity index is 1.81. The molecule has 4 heteroatoms. The van der Waals surface area contributed by atoms with Crippen LogP contribution in [-0.2, 0) is 6.42 Å². The number of hydrogen-bond acceptors (Lipinski definition) is 3.